The minimum absolute atomic E-state index is 0.168. The van der Waals surface area contributed by atoms with E-state index in [2.05, 4.69) is 4.84 Å². The molecule has 0 aliphatic carbocycles. The van der Waals surface area contributed by atoms with E-state index < -0.39 is 0 Å². The van der Waals surface area contributed by atoms with Gasteiger partial charge in [-0.25, -0.2) is 0 Å². The van der Waals surface area contributed by atoms with E-state index in [9.17, 15) is 4.79 Å². The van der Waals surface area contributed by atoms with Crippen molar-refractivity contribution in [3.63, 3.8) is 0 Å². The van der Waals surface area contributed by atoms with Crippen LogP contribution in [0.25, 0.3) is 0 Å². The van der Waals surface area contributed by atoms with Crippen LogP contribution in [0.5, 0.6) is 0 Å². The van der Waals surface area contributed by atoms with Gasteiger partial charge >= 0.3 is 0 Å². The summed E-state index contributed by atoms with van der Waals surface area (Å²) >= 11 is 0. The second-order valence-corrected chi connectivity index (χ2v) is 2.40. The maximum absolute atomic E-state index is 10.4. The lowest BCUT2D eigenvalue weighted by molar-refractivity contribution is -0.105. The van der Waals surface area contributed by atoms with Crippen molar-refractivity contribution in [1.82, 2.24) is 0 Å². The highest BCUT2D eigenvalue weighted by atomic mass is 16.6. The molecular weight excluding hydrogens is 130 g/mol. The van der Waals surface area contributed by atoms with Crippen LogP contribution in [0.2, 0.25) is 0 Å². The summed E-state index contributed by atoms with van der Waals surface area (Å²) in [5.41, 5.74) is 0.613. The molecule has 0 aliphatic rings. The van der Waals surface area contributed by atoms with E-state index >= 15 is 0 Å². The third-order valence-electron chi connectivity index (χ3n) is 1.33. The maximum atomic E-state index is 10.4. The number of hydrogen-bond donors (Lipinski definition) is 1. The van der Waals surface area contributed by atoms with Crippen molar-refractivity contribution in [2.45, 2.75) is 20.8 Å². The highest BCUT2D eigenvalue weighted by Gasteiger charge is 2.06. The number of hydrogen-bond acceptors (Lipinski definition) is 3. The van der Waals surface area contributed by atoms with Gasteiger partial charge in [0.1, 0.15) is 12.0 Å². The first-order chi connectivity index (χ1) is 4.63. The van der Waals surface area contributed by atoms with Crippen LogP contribution in [0, 0.1) is 5.92 Å². The summed E-state index contributed by atoms with van der Waals surface area (Å²) in [6, 6.07) is 0. The fraction of sp³-hybridized carbons (Fsp3) is 0.571. The first-order valence-corrected chi connectivity index (χ1v) is 3.16. The van der Waals surface area contributed by atoms with Gasteiger partial charge in [-0.05, 0) is 12.8 Å². The highest BCUT2D eigenvalue weighted by Crippen LogP contribution is 2.11. The Kier molecular flexibility index (Phi) is 3.72. The summed E-state index contributed by atoms with van der Waals surface area (Å²) < 4.78 is 0. The molecule has 0 amide bonds. The SMILES string of the molecule is C/C(ON)=C(\C=O)C(C)C. The number of allylic oxidation sites excluding steroid dienone is 2. The molecule has 0 radical (unpaired) electrons. The first-order valence-electron chi connectivity index (χ1n) is 3.16. The number of aldehydes is 1. The van der Waals surface area contributed by atoms with Crippen molar-refractivity contribution in [2.24, 2.45) is 11.8 Å². The standard InChI is InChI=1S/C7H13NO2/c1-5(2)7(4-9)6(3)10-8/h4-5H,8H2,1-3H3/b7-6-. The number of carbonyl (C=O) groups is 1. The van der Waals surface area contributed by atoms with Crippen molar-refractivity contribution >= 4 is 6.29 Å². The third kappa shape index (κ3) is 2.19. The van der Waals surface area contributed by atoms with Crippen LogP contribution < -0.4 is 5.90 Å². The van der Waals surface area contributed by atoms with Crippen LogP contribution in [0.1, 0.15) is 20.8 Å². The van der Waals surface area contributed by atoms with Crippen molar-refractivity contribution in [2.75, 3.05) is 0 Å². The van der Waals surface area contributed by atoms with Crippen LogP contribution in [0.4, 0.5) is 0 Å². The zero-order valence-corrected chi connectivity index (χ0v) is 6.55. The van der Waals surface area contributed by atoms with Crippen LogP contribution in [-0.4, -0.2) is 6.29 Å². The van der Waals surface area contributed by atoms with E-state index in [1.165, 1.54) is 0 Å². The number of rotatable bonds is 3. The average Bonchev–Trinajstić information content (AvgIpc) is 1.88. The Bertz CT molecular complexity index is 150. The molecule has 0 saturated carbocycles. The monoisotopic (exact) mass is 143 g/mol. The van der Waals surface area contributed by atoms with Crippen LogP contribution in [0.15, 0.2) is 11.3 Å². The zero-order chi connectivity index (χ0) is 8.15. The van der Waals surface area contributed by atoms with Crippen LogP contribution in [-0.2, 0) is 9.63 Å². The minimum atomic E-state index is 0.168. The summed E-state index contributed by atoms with van der Waals surface area (Å²) in [5, 5.41) is 0. The lowest BCUT2D eigenvalue weighted by Gasteiger charge is -2.06. The summed E-state index contributed by atoms with van der Waals surface area (Å²) in [4.78, 5) is 14.8. The van der Waals surface area contributed by atoms with Gasteiger partial charge in [0, 0.05) is 5.57 Å². The van der Waals surface area contributed by atoms with E-state index in [-0.39, 0.29) is 5.92 Å². The smallest absolute Gasteiger partial charge is 0.149 e. The minimum Gasteiger partial charge on any atom is -0.416 e. The molecular formula is C7H13NO2. The fourth-order valence-corrected chi connectivity index (χ4v) is 0.694. The van der Waals surface area contributed by atoms with Gasteiger partial charge in [-0.15, -0.1) is 0 Å². The molecule has 3 nitrogen and oxygen atoms in total. The Morgan fingerprint density at radius 3 is 2.20 bits per heavy atom. The second kappa shape index (κ2) is 4.06. The average molecular weight is 143 g/mol. The summed E-state index contributed by atoms with van der Waals surface area (Å²) in [6.45, 7) is 5.49. The molecule has 0 aromatic heterocycles. The third-order valence-corrected chi connectivity index (χ3v) is 1.33. The van der Waals surface area contributed by atoms with Crippen molar-refractivity contribution in [3.05, 3.63) is 11.3 Å². The lowest BCUT2D eigenvalue weighted by atomic mass is 10.0. The summed E-state index contributed by atoms with van der Waals surface area (Å²) in [6.07, 6.45) is 0.771. The Morgan fingerprint density at radius 2 is 2.10 bits per heavy atom. The van der Waals surface area contributed by atoms with Crippen LogP contribution in [0.3, 0.4) is 0 Å². The van der Waals surface area contributed by atoms with Gasteiger partial charge in [-0.3, -0.25) is 4.79 Å². The lowest BCUT2D eigenvalue weighted by Crippen LogP contribution is -2.05. The molecule has 58 valence electrons. The first kappa shape index (κ1) is 9.17. The van der Waals surface area contributed by atoms with Gasteiger partial charge < -0.3 is 4.84 Å². The van der Waals surface area contributed by atoms with Gasteiger partial charge in [-0.2, -0.15) is 5.90 Å². The van der Waals surface area contributed by atoms with E-state index in [0.717, 1.165) is 6.29 Å². The molecule has 0 atom stereocenters. The molecule has 0 aromatic carbocycles. The van der Waals surface area contributed by atoms with E-state index in [1.807, 2.05) is 13.8 Å². The molecule has 0 rings (SSSR count). The van der Waals surface area contributed by atoms with Gasteiger partial charge in [0.2, 0.25) is 0 Å². The van der Waals surface area contributed by atoms with E-state index in [1.54, 1.807) is 6.92 Å². The molecule has 0 bridgehead atoms. The topological polar surface area (TPSA) is 52.3 Å². The molecule has 0 unspecified atom stereocenters. The Morgan fingerprint density at radius 1 is 1.60 bits per heavy atom. The molecule has 0 heterocycles. The Hall–Kier alpha value is -0.830. The summed E-state index contributed by atoms with van der Waals surface area (Å²) in [7, 11) is 0. The molecule has 0 aromatic rings. The Labute approximate surface area is 60.8 Å². The molecule has 0 spiro atoms. The van der Waals surface area contributed by atoms with Crippen LogP contribution >= 0.6 is 0 Å². The van der Waals surface area contributed by atoms with Crippen molar-refractivity contribution in [3.8, 4) is 0 Å². The molecule has 2 N–H and O–H groups in total. The Balaban J connectivity index is 4.45. The number of carbonyl (C=O) groups excluding carboxylic acids is 1. The van der Waals surface area contributed by atoms with E-state index in [0.29, 0.717) is 11.3 Å². The largest absolute Gasteiger partial charge is 0.416 e. The normalized spacial score (nSPS) is 12.9. The number of nitrogens with two attached hydrogens (primary N) is 1. The van der Waals surface area contributed by atoms with E-state index in [4.69, 9.17) is 5.90 Å². The summed E-state index contributed by atoms with van der Waals surface area (Å²) in [5.74, 6) is 5.53. The highest BCUT2D eigenvalue weighted by molar-refractivity contribution is 5.74. The van der Waals surface area contributed by atoms with Gasteiger partial charge in [0.05, 0.1) is 0 Å². The second-order valence-electron chi connectivity index (χ2n) is 2.40. The van der Waals surface area contributed by atoms with Gasteiger partial charge in [0.25, 0.3) is 0 Å². The molecule has 0 saturated heterocycles. The van der Waals surface area contributed by atoms with Gasteiger partial charge in [0.15, 0.2) is 0 Å². The maximum Gasteiger partial charge on any atom is 0.149 e. The predicted octanol–water partition coefficient (Wildman–Crippen LogP) is 1.01. The van der Waals surface area contributed by atoms with Gasteiger partial charge in [-0.1, -0.05) is 13.8 Å². The molecule has 0 fully saturated rings. The molecule has 3 heteroatoms. The predicted molar refractivity (Wildman–Crippen MR) is 38.9 cm³/mol. The molecule has 0 aliphatic heterocycles. The van der Waals surface area contributed by atoms with Crippen molar-refractivity contribution < 1.29 is 9.63 Å². The zero-order valence-electron chi connectivity index (χ0n) is 6.55. The molecule has 10 heavy (non-hydrogen) atoms. The quantitative estimate of drug-likeness (QED) is 0.277. The van der Waals surface area contributed by atoms with Crippen molar-refractivity contribution in [1.29, 1.82) is 0 Å². The fourth-order valence-electron chi connectivity index (χ4n) is 0.694.